The fourth-order valence-corrected chi connectivity index (χ4v) is 2.12. The summed E-state index contributed by atoms with van der Waals surface area (Å²) in [4.78, 5) is 0. The van der Waals surface area contributed by atoms with Crippen LogP contribution in [0.1, 0.15) is 11.1 Å². The fourth-order valence-electron chi connectivity index (χ4n) is 1.59. The van der Waals surface area contributed by atoms with Crippen molar-refractivity contribution in [2.75, 3.05) is 6.54 Å². The van der Waals surface area contributed by atoms with E-state index in [2.05, 4.69) is 22.0 Å². The van der Waals surface area contributed by atoms with Gasteiger partial charge < -0.3 is 5.73 Å². The molecule has 0 bridgehead atoms. The Kier molecular flexibility index (Phi) is 2.45. The second-order valence-electron chi connectivity index (χ2n) is 3.06. The lowest BCUT2D eigenvalue weighted by Crippen LogP contribution is -2.00. The van der Waals surface area contributed by atoms with Crippen molar-refractivity contribution in [1.29, 1.82) is 0 Å². The molecule has 0 saturated carbocycles. The van der Waals surface area contributed by atoms with Crippen LogP contribution >= 0.6 is 27.5 Å². The van der Waals surface area contributed by atoms with Crippen molar-refractivity contribution in [3.63, 3.8) is 0 Å². The zero-order valence-corrected chi connectivity index (χ0v) is 9.32. The van der Waals surface area contributed by atoms with E-state index in [-0.39, 0.29) is 0 Å². The summed E-state index contributed by atoms with van der Waals surface area (Å²) in [5.41, 5.74) is 9.34. The molecule has 0 spiro atoms. The van der Waals surface area contributed by atoms with E-state index in [1.165, 1.54) is 16.7 Å². The lowest BCUT2D eigenvalue weighted by molar-refractivity contribution is 1.27. The summed E-state index contributed by atoms with van der Waals surface area (Å²) in [6.45, 7) is 0.598. The van der Waals surface area contributed by atoms with Crippen LogP contribution in [0.4, 0.5) is 0 Å². The summed E-state index contributed by atoms with van der Waals surface area (Å²) in [5.74, 6) is 0. The second kappa shape index (κ2) is 3.45. The fraction of sp³-hybridized carbons (Fsp3) is 0.200. The number of hydrogen-bond acceptors (Lipinski definition) is 1. The molecule has 68 valence electrons. The van der Waals surface area contributed by atoms with E-state index < -0.39 is 0 Å². The van der Waals surface area contributed by atoms with E-state index in [9.17, 15) is 0 Å². The lowest BCUT2D eigenvalue weighted by atomic mass is 10.1. The maximum Gasteiger partial charge on any atom is 0.0551 e. The smallest absolute Gasteiger partial charge is 0.0551 e. The number of fused-ring (bicyclic) bond motifs is 1. The van der Waals surface area contributed by atoms with Crippen molar-refractivity contribution < 1.29 is 0 Å². The minimum absolute atomic E-state index is 0.598. The van der Waals surface area contributed by atoms with E-state index in [0.29, 0.717) is 6.54 Å². The second-order valence-corrected chi connectivity index (χ2v) is 4.32. The Morgan fingerprint density at radius 1 is 1.46 bits per heavy atom. The van der Waals surface area contributed by atoms with Crippen LogP contribution in [0.25, 0.3) is 5.57 Å². The van der Waals surface area contributed by atoms with E-state index in [1.807, 2.05) is 12.1 Å². The van der Waals surface area contributed by atoms with Crippen molar-refractivity contribution >= 4 is 33.1 Å². The molecule has 1 aliphatic carbocycles. The average molecular weight is 259 g/mol. The SMILES string of the molecule is NCC1=CCc2cc(Cl)c(Br)cc21. The zero-order chi connectivity index (χ0) is 9.42. The van der Waals surface area contributed by atoms with Gasteiger partial charge in [-0.25, -0.2) is 0 Å². The van der Waals surface area contributed by atoms with E-state index in [0.717, 1.165) is 15.9 Å². The highest BCUT2D eigenvalue weighted by Gasteiger charge is 2.14. The number of allylic oxidation sites excluding steroid dienone is 1. The van der Waals surface area contributed by atoms with Crippen molar-refractivity contribution in [2.45, 2.75) is 6.42 Å². The number of hydrogen-bond donors (Lipinski definition) is 1. The van der Waals surface area contributed by atoms with E-state index >= 15 is 0 Å². The first-order valence-electron chi connectivity index (χ1n) is 4.09. The molecule has 0 aliphatic heterocycles. The molecule has 2 rings (SSSR count). The Bertz CT molecular complexity index is 385. The van der Waals surface area contributed by atoms with Crippen LogP contribution < -0.4 is 5.73 Å². The molecule has 0 radical (unpaired) electrons. The van der Waals surface area contributed by atoms with Gasteiger partial charge in [-0.3, -0.25) is 0 Å². The number of halogens is 2. The molecular formula is C10H9BrClN. The molecule has 1 nitrogen and oxygen atoms in total. The van der Waals surface area contributed by atoms with Gasteiger partial charge in [0.25, 0.3) is 0 Å². The molecule has 0 amide bonds. The molecule has 0 aromatic heterocycles. The molecule has 0 unspecified atom stereocenters. The Morgan fingerprint density at radius 2 is 2.23 bits per heavy atom. The zero-order valence-electron chi connectivity index (χ0n) is 6.98. The number of benzene rings is 1. The summed E-state index contributed by atoms with van der Waals surface area (Å²) in [6, 6.07) is 4.05. The standard InChI is InChI=1S/C10H9BrClN/c11-9-4-8-6(3-10(9)12)1-2-7(8)5-13/h2-4H,1,5,13H2. The maximum absolute atomic E-state index is 5.98. The van der Waals surface area contributed by atoms with Gasteiger partial charge in [-0.2, -0.15) is 0 Å². The summed E-state index contributed by atoms with van der Waals surface area (Å²) >= 11 is 9.39. The molecule has 1 aromatic rings. The average Bonchev–Trinajstić information content (AvgIpc) is 2.48. The van der Waals surface area contributed by atoms with Gasteiger partial charge in [-0.05, 0) is 51.2 Å². The third-order valence-corrected chi connectivity index (χ3v) is 3.48. The van der Waals surface area contributed by atoms with Crippen LogP contribution in [0.5, 0.6) is 0 Å². The first-order valence-corrected chi connectivity index (χ1v) is 5.27. The predicted molar refractivity (Wildman–Crippen MR) is 59.9 cm³/mol. The third kappa shape index (κ3) is 1.54. The first-order chi connectivity index (χ1) is 6.22. The highest BCUT2D eigenvalue weighted by molar-refractivity contribution is 9.10. The third-order valence-electron chi connectivity index (χ3n) is 2.28. The van der Waals surface area contributed by atoms with Crippen LogP contribution in [-0.4, -0.2) is 6.54 Å². The molecule has 1 aliphatic rings. The van der Waals surface area contributed by atoms with E-state index in [4.69, 9.17) is 17.3 Å². The van der Waals surface area contributed by atoms with Crippen molar-refractivity contribution in [3.05, 3.63) is 38.8 Å². The van der Waals surface area contributed by atoms with Gasteiger partial charge in [0.05, 0.1) is 5.02 Å². The molecule has 1 aromatic carbocycles. The van der Waals surface area contributed by atoms with E-state index in [1.54, 1.807) is 0 Å². The van der Waals surface area contributed by atoms with Crippen LogP contribution in [0.3, 0.4) is 0 Å². The van der Waals surface area contributed by atoms with Gasteiger partial charge >= 0.3 is 0 Å². The quantitative estimate of drug-likeness (QED) is 0.823. The summed E-state index contributed by atoms with van der Waals surface area (Å²) in [6.07, 6.45) is 3.11. The molecule has 2 N–H and O–H groups in total. The molecular weight excluding hydrogens is 249 g/mol. The highest BCUT2D eigenvalue weighted by atomic mass is 79.9. The first kappa shape index (κ1) is 9.25. The molecule has 0 atom stereocenters. The van der Waals surface area contributed by atoms with Crippen molar-refractivity contribution in [2.24, 2.45) is 5.73 Å². The Labute approximate surface area is 90.7 Å². The highest BCUT2D eigenvalue weighted by Crippen LogP contribution is 2.33. The van der Waals surface area contributed by atoms with Crippen LogP contribution in [0.15, 0.2) is 22.7 Å². The van der Waals surface area contributed by atoms with Crippen molar-refractivity contribution in [1.82, 2.24) is 0 Å². The van der Waals surface area contributed by atoms with Crippen molar-refractivity contribution in [3.8, 4) is 0 Å². The summed E-state index contributed by atoms with van der Waals surface area (Å²) in [5, 5.41) is 0.769. The molecule has 3 heteroatoms. The largest absolute Gasteiger partial charge is 0.326 e. The van der Waals surface area contributed by atoms with Crippen LogP contribution in [-0.2, 0) is 6.42 Å². The molecule has 0 saturated heterocycles. The molecule has 0 fully saturated rings. The summed E-state index contributed by atoms with van der Waals surface area (Å²) in [7, 11) is 0. The van der Waals surface area contributed by atoms with Gasteiger partial charge in [0.15, 0.2) is 0 Å². The van der Waals surface area contributed by atoms with Gasteiger partial charge in [0.1, 0.15) is 0 Å². The Morgan fingerprint density at radius 3 is 2.92 bits per heavy atom. The lowest BCUT2D eigenvalue weighted by Gasteiger charge is -2.05. The predicted octanol–water partition coefficient (Wildman–Crippen LogP) is 3.00. The number of nitrogens with two attached hydrogens (primary N) is 1. The Hall–Kier alpha value is -0.310. The topological polar surface area (TPSA) is 26.0 Å². The normalized spacial score (nSPS) is 14.2. The van der Waals surface area contributed by atoms with Gasteiger partial charge in [-0.15, -0.1) is 0 Å². The van der Waals surface area contributed by atoms with Gasteiger partial charge in [0, 0.05) is 11.0 Å². The summed E-state index contributed by atoms with van der Waals surface area (Å²) < 4.78 is 0.939. The molecule has 13 heavy (non-hydrogen) atoms. The maximum atomic E-state index is 5.98. The molecule has 0 heterocycles. The van der Waals surface area contributed by atoms with Crippen LogP contribution in [0, 0.1) is 0 Å². The monoisotopic (exact) mass is 257 g/mol. The minimum Gasteiger partial charge on any atom is -0.326 e. The van der Waals surface area contributed by atoms with Crippen LogP contribution in [0.2, 0.25) is 5.02 Å². The Balaban J connectivity index is 2.54. The number of rotatable bonds is 1. The van der Waals surface area contributed by atoms with Gasteiger partial charge in [-0.1, -0.05) is 17.7 Å². The van der Waals surface area contributed by atoms with Gasteiger partial charge in [0.2, 0.25) is 0 Å². The minimum atomic E-state index is 0.598.